The predicted molar refractivity (Wildman–Crippen MR) is 133 cm³/mol. The molecule has 10 nitrogen and oxygen atoms in total. The van der Waals surface area contributed by atoms with E-state index < -0.39 is 29.8 Å². The topological polar surface area (TPSA) is 156 Å². The van der Waals surface area contributed by atoms with Crippen LogP contribution in [0.3, 0.4) is 0 Å². The van der Waals surface area contributed by atoms with Gasteiger partial charge in [0.1, 0.15) is 16.9 Å². The number of methoxy groups -OCH3 is 1. The van der Waals surface area contributed by atoms with Gasteiger partial charge in [-0.05, 0) is 40.2 Å². The lowest BCUT2D eigenvalue weighted by molar-refractivity contribution is -0.0601. The molecule has 34 heavy (non-hydrogen) atoms. The van der Waals surface area contributed by atoms with Crippen LogP contribution in [0.4, 0.5) is 11.8 Å². The Hall–Kier alpha value is -2.86. The van der Waals surface area contributed by atoms with Crippen LogP contribution >= 0.6 is 11.3 Å². The maximum atomic E-state index is 10.7. The molecule has 3 rings (SSSR count). The average molecular weight is 489 g/mol. The number of allylic oxidation sites excluding steroid dienone is 2. The van der Waals surface area contributed by atoms with Crippen LogP contribution in [-0.2, 0) is 4.74 Å². The summed E-state index contributed by atoms with van der Waals surface area (Å²) in [5, 5.41) is 48.3. The van der Waals surface area contributed by atoms with Gasteiger partial charge in [0.05, 0.1) is 30.4 Å². The van der Waals surface area contributed by atoms with Crippen LogP contribution in [0.25, 0.3) is 10.6 Å². The first-order valence-electron chi connectivity index (χ1n) is 10.9. The molecule has 0 amide bonds. The lowest BCUT2D eigenvalue weighted by atomic mass is 9.88. The van der Waals surface area contributed by atoms with Crippen molar-refractivity contribution in [3.63, 3.8) is 0 Å². The summed E-state index contributed by atoms with van der Waals surface area (Å²) >= 11 is 1.45. The Morgan fingerprint density at radius 3 is 2.59 bits per heavy atom. The summed E-state index contributed by atoms with van der Waals surface area (Å²) in [5.74, 6) is 0.157. The van der Waals surface area contributed by atoms with Crippen LogP contribution in [-0.4, -0.2) is 67.1 Å². The van der Waals surface area contributed by atoms with Gasteiger partial charge in [0.25, 0.3) is 0 Å². The van der Waals surface area contributed by atoms with Crippen molar-refractivity contribution in [1.29, 1.82) is 5.41 Å². The number of nitrogens with one attached hydrogen (secondary N) is 3. The van der Waals surface area contributed by atoms with Crippen molar-refractivity contribution in [1.82, 2.24) is 15.0 Å². The normalized spacial score (nSPS) is 23.4. The van der Waals surface area contributed by atoms with Crippen molar-refractivity contribution < 1.29 is 20.1 Å². The van der Waals surface area contributed by atoms with E-state index in [0.717, 1.165) is 5.69 Å². The van der Waals surface area contributed by atoms with E-state index in [-0.39, 0.29) is 11.8 Å². The molecule has 2 aromatic heterocycles. The molecule has 11 heteroatoms. The van der Waals surface area contributed by atoms with Crippen LogP contribution in [0.15, 0.2) is 35.5 Å². The van der Waals surface area contributed by atoms with Gasteiger partial charge in [-0.15, -0.1) is 11.3 Å². The summed E-state index contributed by atoms with van der Waals surface area (Å²) in [6.45, 7) is 6.99. The zero-order valence-corrected chi connectivity index (χ0v) is 20.7. The zero-order valence-electron chi connectivity index (χ0n) is 19.9. The maximum Gasteiger partial charge on any atom is 0.229 e. The molecule has 0 unspecified atom stereocenters. The molecule has 0 radical (unpaired) electrons. The van der Waals surface area contributed by atoms with Gasteiger partial charge in [0.2, 0.25) is 11.8 Å². The molecule has 1 fully saturated rings. The molecule has 0 saturated heterocycles. The highest BCUT2D eigenvalue weighted by Gasteiger charge is 2.47. The van der Waals surface area contributed by atoms with Crippen LogP contribution < -0.4 is 10.6 Å². The second kappa shape index (κ2) is 10.6. The summed E-state index contributed by atoms with van der Waals surface area (Å²) in [4.78, 5) is 13.6. The second-order valence-corrected chi connectivity index (χ2v) is 9.63. The molecule has 0 aliphatic heterocycles. The van der Waals surface area contributed by atoms with E-state index in [0.29, 0.717) is 28.5 Å². The van der Waals surface area contributed by atoms with Crippen molar-refractivity contribution in [3.05, 3.63) is 41.2 Å². The number of thiazole rings is 1. The molecular weight excluding hydrogens is 456 g/mol. The smallest absolute Gasteiger partial charge is 0.229 e. The minimum Gasteiger partial charge on any atom is -0.481 e. The summed E-state index contributed by atoms with van der Waals surface area (Å²) in [6.07, 6.45) is 4.88. The highest BCUT2D eigenvalue weighted by atomic mass is 32.1. The summed E-state index contributed by atoms with van der Waals surface area (Å²) in [6, 6.07) is -0.541. The molecule has 0 aromatic carbocycles. The third-order valence-electron chi connectivity index (χ3n) is 5.66. The number of rotatable bonds is 8. The van der Waals surface area contributed by atoms with Gasteiger partial charge < -0.3 is 30.7 Å². The van der Waals surface area contributed by atoms with E-state index in [1.54, 1.807) is 32.2 Å². The molecular formula is C23H32N6O4S. The quantitative estimate of drug-likeness (QED) is 0.187. The zero-order chi connectivity index (χ0) is 25.0. The standard InChI is InChI=1S/C23H32N6O4S/c1-6-7-13(8-17(24)33-5)27-22-25-10-14(21-26-12(2)11-34-21)20(29-22)28-16-9-15(23(3,4)32)18(30)19(16)31/h6-8,10-11,15-16,18-19,24,30-32H,9H2,1-5H3,(H2,25,27,28,29)/b7-6-,13-8+,24-17?/t15-,16+,18+,19-/m0/s1. The first kappa shape index (κ1) is 25.8. The Labute approximate surface area is 203 Å². The fourth-order valence-corrected chi connectivity index (χ4v) is 4.68. The third-order valence-corrected chi connectivity index (χ3v) is 6.65. The lowest BCUT2D eigenvalue weighted by Gasteiger charge is -2.28. The summed E-state index contributed by atoms with van der Waals surface area (Å²) < 4.78 is 4.92. The van der Waals surface area contributed by atoms with Crippen molar-refractivity contribution in [2.24, 2.45) is 5.92 Å². The minimum atomic E-state index is -1.15. The van der Waals surface area contributed by atoms with Crippen molar-refractivity contribution in [2.45, 2.75) is 58.0 Å². The van der Waals surface area contributed by atoms with Gasteiger partial charge in [0, 0.05) is 35.0 Å². The number of aromatic nitrogens is 3. The van der Waals surface area contributed by atoms with Crippen molar-refractivity contribution in [2.75, 3.05) is 17.7 Å². The predicted octanol–water partition coefficient (Wildman–Crippen LogP) is 2.70. The van der Waals surface area contributed by atoms with Crippen LogP contribution in [0.1, 0.15) is 32.9 Å². The van der Waals surface area contributed by atoms with Gasteiger partial charge in [-0.2, -0.15) is 4.98 Å². The van der Waals surface area contributed by atoms with Crippen LogP contribution in [0.2, 0.25) is 0 Å². The van der Waals surface area contributed by atoms with Gasteiger partial charge in [0.15, 0.2) is 0 Å². The van der Waals surface area contributed by atoms with Gasteiger partial charge >= 0.3 is 0 Å². The highest BCUT2D eigenvalue weighted by molar-refractivity contribution is 7.13. The van der Waals surface area contributed by atoms with E-state index in [1.807, 2.05) is 19.2 Å². The molecule has 1 aliphatic carbocycles. The number of aliphatic hydroxyl groups is 3. The number of aryl methyl sites for hydroxylation is 1. The van der Waals surface area contributed by atoms with E-state index in [9.17, 15) is 15.3 Å². The molecule has 2 heterocycles. The molecule has 0 bridgehead atoms. The summed E-state index contributed by atoms with van der Waals surface area (Å²) in [7, 11) is 1.41. The lowest BCUT2D eigenvalue weighted by Crippen LogP contribution is -2.40. The number of anilines is 2. The molecule has 4 atom stereocenters. The minimum absolute atomic E-state index is 0.0328. The monoisotopic (exact) mass is 488 g/mol. The molecule has 184 valence electrons. The fourth-order valence-electron chi connectivity index (χ4n) is 3.88. The van der Waals surface area contributed by atoms with Gasteiger partial charge in [-0.3, -0.25) is 5.41 Å². The van der Waals surface area contributed by atoms with Crippen molar-refractivity contribution in [3.8, 4) is 10.6 Å². The van der Waals surface area contributed by atoms with E-state index in [4.69, 9.17) is 10.1 Å². The van der Waals surface area contributed by atoms with Crippen LogP contribution in [0.5, 0.6) is 0 Å². The second-order valence-electron chi connectivity index (χ2n) is 8.77. The maximum absolute atomic E-state index is 10.7. The highest BCUT2D eigenvalue weighted by Crippen LogP contribution is 2.38. The Balaban J connectivity index is 1.96. The van der Waals surface area contributed by atoms with Gasteiger partial charge in [-0.1, -0.05) is 6.08 Å². The number of hydrogen-bond donors (Lipinski definition) is 6. The molecule has 1 saturated carbocycles. The van der Waals surface area contributed by atoms with Gasteiger partial charge in [-0.25, -0.2) is 9.97 Å². The largest absolute Gasteiger partial charge is 0.481 e. The number of ether oxygens (including phenoxy) is 1. The van der Waals surface area contributed by atoms with Crippen molar-refractivity contribution >= 4 is 29.0 Å². The Kier molecular flexibility index (Phi) is 8.03. The SMILES string of the molecule is C/C=C\C(=C/C(=N)OC)Nc1ncc(-c2nc(C)cs2)c(N[C@@H]2C[C@H](C(C)(C)O)[C@@H](O)[C@H]2O)n1. The average Bonchev–Trinajstić information content (AvgIpc) is 3.32. The number of nitrogens with zero attached hydrogens (tertiary/aromatic N) is 3. The first-order valence-corrected chi connectivity index (χ1v) is 11.8. The Bertz CT molecular complexity index is 1080. The van der Waals surface area contributed by atoms with E-state index in [2.05, 4.69) is 25.6 Å². The van der Waals surface area contributed by atoms with E-state index >= 15 is 0 Å². The number of hydrogen-bond acceptors (Lipinski definition) is 11. The molecule has 1 aliphatic rings. The Morgan fingerprint density at radius 2 is 2.03 bits per heavy atom. The molecule has 6 N–H and O–H groups in total. The number of aliphatic hydroxyl groups excluding tert-OH is 2. The first-order chi connectivity index (χ1) is 16.0. The Morgan fingerprint density at radius 1 is 1.29 bits per heavy atom. The van der Waals surface area contributed by atoms with E-state index in [1.165, 1.54) is 24.5 Å². The fraction of sp³-hybridized carbons (Fsp3) is 0.478. The van der Waals surface area contributed by atoms with Crippen LogP contribution in [0, 0.1) is 18.3 Å². The molecule has 2 aromatic rings. The summed E-state index contributed by atoms with van der Waals surface area (Å²) in [5.41, 5.74) is 0.917. The third kappa shape index (κ3) is 5.98. The molecule has 0 spiro atoms.